The van der Waals surface area contributed by atoms with Gasteiger partial charge in [-0.05, 0) is 12.3 Å². The molecule has 1 aliphatic rings. The summed E-state index contributed by atoms with van der Waals surface area (Å²) in [5, 5.41) is 0. The maximum atomic E-state index is 4.05. The minimum atomic E-state index is 1.04. The Labute approximate surface area is 92.7 Å². The van der Waals surface area contributed by atoms with E-state index in [1.54, 1.807) is 0 Å². The first-order valence-electron chi connectivity index (χ1n) is 6.41. The minimum Gasteiger partial charge on any atom is -0.337 e. The normalized spacial score (nSPS) is 18.1. The maximum absolute atomic E-state index is 4.05. The van der Waals surface area contributed by atoms with Crippen molar-refractivity contribution in [3.8, 4) is 0 Å². The van der Waals surface area contributed by atoms with Crippen molar-refractivity contribution in [3.05, 3.63) is 18.7 Å². The Bertz CT molecular complexity index is 248. The molecule has 0 atom stereocenters. The van der Waals surface area contributed by atoms with Crippen molar-refractivity contribution in [1.82, 2.24) is 9.55 Å². The van der Waals surface area contributed by atoms with Crippen LogP contribution in [0.2, 0.25) is 0 Å². The van der Waals surface area contributed by atoms with Gasteiger partial charge in [0.25, 0.3) is 0 Å². The zero-order valence-electron chi connectivity index (χ0n) is 9.57. The topological polar surface area (TPSA) is 17.8 Å². The van der Waals surface area contributed by atoms with E-state index in [4.69, 9.17) is 0 Å². The lowest BCUT2D eigenvalue weighted by atomic mass is 9.86. The van der Waals surface area contributed by atoms with Crippen molar-refractivity contribution in [2.24, 2.45) is 5.92 Å². The highest BCUT2D eigenvalue weighted by Crippen LogP contribution is 2.27. The summed E-state index contributed by atoms with van der Waals surface area (Å²) in [7, 11) is 0. The lowest BCUT2D eigenvalue weighted by Gasteiger charge is -2.21. The lowest BCUT2D eigenvalue weighted by Crippen LogP contribution is -2.06. The molecule has 0 amide bonds. The summed E-state index contributed by atoms with van der Waals surface area (Å²) in [4.78, 5) is 4.05. The van der Waals surface area contributed by atoms with Crippen LogP contribution >= 0.6 is 0 Å². The number of rotatable bonds is 5. The van der Waals surface area contributed by atoms with E-state index < -0.39 is 0 Å². The Morgan fingerprint density at radius 3 is 2.73 bits per heavy atom. The molecule has 84 valence electrons. The molecular weight excluding hydrogens is 184 g/mol. The predicted octanol–water partition coefficient (Wildman–Crippen LogP) is 3.63. The van der Waals surface area contributed by atoms with Crippen LogP contribution in [0.15, 0.2) is 18.7 Å². The Balaban J connectivity index is 1.54. The zero-order chi connectivity index (χ0) is 10.3. The summed E-state index contributed by atoms with van der Waals surface area (Å²) < 4.78 is 2.18. The van der Waals surface area contributed by atoms with Gasteiger partial charge in [0, 0.05) is 18.9 Å². The second kappa shape index (κ2) is 5.94. The molecule has 0 bridgehead atoms. The van der Waals surface area contributed by atoms with Crippen molar-refractivity contribution in [2.45, 2.75) is 57.9 Å². The van der Waals surface area contributed by atoms with Gasteiger partial charge < -0.3 is 4.57 Å². The molecule has 0 aromatic carbocycles. The van der Waals surface area contributed by atoms with Gasteiger partial charge in [0.1, 0.15) is 0 Å². The average Bonchev–Trinajstić information content (AvgIpc) is 2.79. The van der Waals surface area contributed by atoms with Gasteiger partial charge in [-0.25, -0.2) is 4.98 Å². The number of aromatic nitrogens is 2. The quantitative estimate of drug-likeness (QED) is 0.673. The Morgan fingerprint density at radius 2 is 2.00 bits per heavy atom. The van der Waals surface area contributed by atoms with Gasteiger partial charge in [-0.3, -0.25) is 0 Å². The first-order chi connectivity index (χ1) is 7.45. The fourth-order valence-corrected chi connectivity index (χ4v) is 2.62. The van der Waals surface area contributed by atoms with E-state index in [1.165, 1.54) is 51.4 Å². The first kappa shape index (κ1) is 10.7. The summed E-state index contributed by atoms with van der Waals surface area (Å²) in [6, 6.07) is 0. The van der Waals surface area contributed by atoms with Crippen LogP contribution in [0.1, 0.15) is 51.4 Å². The van der Waals surface area contributed by atoms with Crippen molar-refractivity contribution in [3.63, 3.8) is 0 Å². The van der Waals surface area contributed by atoms with Crippen molar-refractivity contribution in [2.75, 3.05) is 0 Å². The highest BCUT2D eigenvalue weighted by atomic mass is 15.0. The van der Waals surface area contributed by atoms with Crippen LogP contribution in [-0.2, 0) is 6.54 Å². The van der Waals surface area contributed by atoms with Crippen LogP contribution < -0.4 is 0 Å². The van der Waals surface area contributed by atoms with Gasteiger partial charge in [0.2, 0.25) is 0 Å². The summed E-state index contributed by atoms with van der Waals surface area (Å²) in [5.74, 6) is 1.04. The van der Waals surface area contributed by atoms with E-state index in [-0.39, 0.29) is 0 Å². The summed E-state index contributed by atoms with van der Waals surface area (Å²) in [6.07, 6.45) is 17.4. The van der Waals surface area contributed by atoms with Crippen LogP contribution in [0, 0.1) is 5.92 Å². The summed E-state index contributed by atoms with van der Waals surface area (Å²) in [6.45, 7) is 1.15. The molecule has 2 heteroatoms. The molecule has 0 spiro atoms. The van der Waals surface area contributed by atoms with E-state index in [9.17, 15) is 0 Å². The highest BCUT2D eigenvalue weighted by molar-refractivity contribution is 4.74. The molecule has 2 rings (SSSR count). The minimum absolute atomic E-state index is 1.04. The fourth-order valence-electron chi connectivity index (χ4n) is 2.62. The monoisotopic (exact) mass is 206 g/mol. The lowest BCUT2D eigenvalue weighted by molar-refractivity contribution is 0.327. The number of hydrogen-bond donors (Lipinski definition) is 0. The number of hydrogen-bond acceptors (Lipinski definition) is 1. The molecule has 2 nitrogen and oxygen atoms in total. The van der Waals surface area contributed by atoms with E-state index in [0.29, 0.717) is 0 Å². The molecule has 15 heavy (non-hydrogen) atoms. The van der Waals surface area contributed by atoms with E-state index in [0.717, 1.165) is 12.5 Å². The standard InChI is InChI=1S/C13H22N2/c1-2-6-13(7-3-1)8-4-5-10-15-11-9-14-12-15/h9,11-13H,1-8,10H2. The zero-order valence-corrected chi connectivity index (χ0v) is 9.57. The Kier molecular flexibility index (Phi) is 4.24. The summed E-state index contributed by atoms with van der Waals surface area (Å²) >= 11 is 0. The first-order valence-corrected chi connectivity index (χ1v) is 6.41. The van der Waals surface area contributed by atoms with Crippen molar-refractivity contribution in [1.29, 1.82) is 0 Å². The van der Waals surface area contributed by atoms with Crippen LogP contribution in [0.4, 0.5) is 0 Å². The smallest absolute Gasteiger partial charge is 0.0945 e. The van der Waals surface area contributed by atoms with Gasteiger partial charge in [-0.15, -0.1) is 0 Å². The van der Waals surface area contributed by atoms with E-state index >= 15 is 0 Å². The van der Waals surface area contributed by atoms with Crippen LogP contribution in [-0.4, -0.2) is 9.55 Å². The molecule has 1 fully saturated rings. The molecule has 1 saturated carbocycles. The average molecular weight is 206 g/mol. The molecule has 1 heterocycles. The van der Waals surface area contributed by atoms with Gasteiger partial charge in [-0.1, -0.05) is 44.9 Å². The third-order valence-electron chi connectivity index (χ3n) is 3.56. The molecule has 0 aliphatic heterocycles. The fraction of sp³-hybridized carbons (Fsp3) is 0.769. The largest absolute Gasteiger partial charge is 0.337 e. The molecule has 0 saturated heterocycles. The molecule has 0 unspecified atom stereocenters. The number of nitrogens with zero attached hydrogens (tertiary/aromatic N) is 2. The number of unbranched alkanes of at least 4 members (excludes halogenated alkanes) is 1. The van der Waals surface area contributed by atoms with Crippen molar-refractivity contribution < 1.29 is 0 Å². The van der Waals surface area contributed by atoms with Gasteiger partial charge >= 0.3 is 0 Å². The molecule has 1 aliphatic carbocycles. The van der Waals surface area contributed by atoms with E-state index in [1.807, 2.05) is 12.5 Å². The second-order valence-electron chi connectivity index (χ2n) is 4.80. The third-order valence-corrected chi connectivity index (χ3v) is 3.56. The summed E-state index contributed by atoms with van der Waals surface area (Å²) in [5.41, 5.74) is 0. The SMILES string of the molecule is c1cn(CCCCC2CCCCC2)cn1. The maximum Gasteiger partial charge on any atom is 0.0945 e. The van der Waals surface area contributed by atoms with Crippen LogP contribution in [0.25, 0.3) is 0 Å². The third kappa shape index (κ3) is 3.69. The Hall–Kier alpha value is -0.790. The van der Waals surface area contributed by atoms with E-state index in [2.05, 4.69) is 15.7 Å². The van der Waals surface area contributed by atoms with Gasteiger partial charge in [0.15, 0.2) is 0 Å². The molecule has 1 aromatic heterocycles. The number of aryl methyl sites for hydroxylation is 1. The molecular formula is C13H22N2. The van der Waals surface area contributed by atoms with Crippen molar-refractivity contribution >= 4 is 0 Å². The molecule has 0 radical (unpaired) electrons. The highest BCUT2D eigenvalue weighted by Gasteiger charge is 2.12. The molecule has 0 N–H and O–H groups in total. The molecule has 1 aromatic rings. The van der Waals surface area contributed by atoms with Crippen LogP contribution in [0.5, 0.6) is 0 Å². The van der Waals surface area contributed by atoms with Gasteiger partial charge in [-0.2, -0.15) is 0 Å². The predicted molar refractivity (Wildman–Crippen MR) is 62.7 cm³/mol. The Morgan fingerprint density at radius 1 is 1.13 bits per heavy atom. The second-order valence-corrected chi connectivity index (χ2v) is 4.80. The van der Waals surface area contributed by atoms with Crippen LogP contribution in [0.3, 0.4) is 0 Å². The number of imidazole rings is 1. The van der Waals surface area contributed by atoms with Gasteiger partial charge in [0.05, 0.1) is 6.33 Å².